The van der Waals surface area contributed by atoms with Crippen LogP contribution in [0.1, 0.15) is 55.4 Å². The summed E-state index contributed by atoms with van der Waals surface area (Å²) >= 11 is 0. The summed E-state index contributed by atoms with van der Waals surface area (Å²) in [5.41, 5.74) is 5.99. The fourth-order valence-electron chi connectivity index (χ4n) is 1.46. The highest BCUT2D eigenvalue weighted by Crippen LogP contribution is 2.25. The molecule has 0 saturated heterocycles. The number of hydrogen-bond donors (Lipinski definition) is 0. The smallest absolute Gasteiger partial charge is 0.0257 e. The van der Waals surface area contributed by atoms with Gasteiger partial charge in [0.1, 0.15) is 0 Å². The molecule has 0 N–H and O–H groups in total. The maximum Gasteiger partial charge on any atom is -0.0257 e. The molecule has 82 valence electrons. The van der Waals surface area contributed by atoms with E-state index < -0.39 is 0 Å². The molecule has 0 spiro atoms. The van der Waals surface area contributed by atoms with Crippen molar-refractivity contribution in [3.63, 3.8) is 0 Å². The van der Waals surface area contributed by atoms with E-state index in [1.165, 1.54) is 22.3 Å². The molecule has 0 bridgehead atoms. The van der Waals surface area contributed by atoms with Crippen LogP contribution in [0.5, 0.6) is 0 Å². The third-order valence-corrected chi connectivity index (χ3v) is 3.48. The normalized spacial score (nSPS) is 15.9. The quantitative estimate of drug-likeness (QED) is 0.556. The predicted octanol–water partition coefficient (Wildman–Crippen LogP) is 4.97. The Morgan fingerprint density at radius 2 is 0.786 bits per heavy atom. The maximum absolute atomic E-state index is 2.26. The molecule has 0 aliphatic heterocycles. The van der Waals surface area contributed by atoms with Gasteiger partial charge in [-0.05, 0) is 50.7 Å². The summed E-state index contributed by atoms with van der Waals surface area (Å²) in [6.45, 7) is 18.0. The lowest BCUT2D eigenvalue weighted by Gasteiger charge is -2.16. The van der Waals surface area contributed by atoms with Crippen molar-refractivity contribution >= 4 is 0 Å². The molecule has 0 heteroatoms. The predicted molar refractivity (Wildman–Crippen MR) is 66.4 cm³/mol. The highest BCUT2D eigenvalue weighted by molar-refractivity contribution is 5.35. The third kappa shape index (κ3) is 3.32. The van der Waals surface area contributed by atoms with Gasteiger partial charge in [-0.1, -0.05) is 38.8 Å². The third-order valence-electron chi connectivity index (χ3n) is 3.48. The van der Waals surface area contributed by atoms with Gasteiger partial charge in [0.15, 0.2) is 0 Å². The molecule has 0 saturated carbocycles. The van der Waals surface area contributed by atoms with Gasteiger partial charge in [0.25, 0.3) is 0 Å². The molecule has 0 aliphatic carbocycles. The van der Waals surface area contributed by atoms with Gasteiger partial charge in [0.05, 0.1) is 0 Å². The van der Waals surface area contributed by atoms with Crippen LogP contribution in [0.15, 0.2) is 22.3 Å². The molecule has 0 nitrogen and oxygen atoms in total. The van der Waals surface area contributed by atoms with Crippen molar-refractivity contribution in [2.75, 3.05) is 0 Å². The molecule has 0 amide bonds. The molecule has 14 heavy (non-hydrogen) atoms. The van der Waals surface area contributed by atoms with E-state index in [0.29, 0.717) is 11.8 Å². The zero-order chi connectivity index (χ0) is 11.5. The highest BCUT2D eigenvalue weighted by atomic mass is 14.1. The first-order chi connectivity index (χ1) is 6.29. The molecule has 0 rings (SSSR count). The second kappa shape index (κ2) is 5.38. The van der Waals surface area contributed by atoms with Gasteiger partial charge in [-0.15, -0.1) is 0 Å². The van der Waals surface area contributed by atoms with Crippen LogP contribution in [-0.4, -0.2) is 0 Å². The van der Waals surface area contributed by atoms with Gasteiger partial charge in [-0.25, -0.2) is 0 Å². The molecule has 0 aromatic heterocycles. The summed E-state index contributed by atoms with van der Waals surface area (Å²) in [5.74, 6) is 1.31. The number of hydrogen-bond acceptors (Lipinski definition) is 0. The molecule has 0 unspecified atom stereocenters. The fourth-order valence-corrected chi connectivity index (χ4v) is 1.46. The fraction of sp³-hybridized carbons (Fsp3) is 0.714. The minimum Gasteiger partial charge on any atom is -0.0676 e. The number of allylic oxidation sites excluding steroid dienone is 4. The van der Waals surface area contributed by atoms with E-state index in [1.807, 2.05) is 0 Å². The van der Waals surface area contributed by atoms with Crippen molar-refractivity contribution in [3.8, 4) is 0 Å². The maximum atomic E-state index is 2.26. The van der Waals surface area contributed by atoms with Crippen LogP contribution in [0.2, 0.25) is 0 Å². The van der Waals surface area contributed by atoms with E-state index >= 15 is 0 Å². The van der Waals surface area contributed by atoms with E-state index in [2.05, 4.69) is 55.4 Å². The van der Waals surface area contributed by atoms with E-state index in [-0.39, 0.29) is 0 Å². The van der Waals surface area contributed by atoms with Gasteiger partial charge in [0, 0.05) is 0 Å². The monoisotopic (exact) mass is 194 g/mol. The molecule has 0 heterocycles. The molecule has 0 radical (unpaired) electrons. The van der Waals surface area contributed by atoms with Crippen molar-refractivity contribution in [1.29, 1.82) is 0 Å². The summed E-state index contributed by atoms with van der Waals surface area (Å²) in [7, 11) is 0. The second-order valence-corrected chi connectivity index (χ2v) is 4.93. The Labute approximate surface area is 90.1 Å². The Balaban J connectivity index is 5.14. The van der Waals surface area contributed by atoms with Gasteiger partial charge in [-0.2, -0.15) is 0 Å². The van der Waals surface area contributed by atoms with Crippen LogP contribution >= 0.6 is 0 Å². The Bertz CT molecular complexity index is 221. The van der Waals surface area contributed by atoms with Gasteiger partial charge < -0.3 is 0 Å². The molecule has 0 aromatic carbocycles. The van der Waals surface area contributed by atoms with Crippen molar-refractivity contribution in [3.05, 3.63) is 22.3 Å². The minimum atomic E-state index is 0.657. The Hall–Kier alpha value is -0.520. The van der Waals surface area contributed by atoms with Crippen LogP contribution in [0.25, 0.3) is 0 Å². The highest BCUT2D eigenvalue weighted by Gasteiger charge is 2.07. The SMILES string of the molecule is CC(/C(C)=C(\C)C(C)C)=C(/C)C(C)C. The van der Waals surface area contributed by atoms with Gasteiger partial charge >= 0.3 is 0 Å². The van der Waals surface area contributed by atoms with Crippen molar-refractivity contribution in [1.82, 2.24) is 0 Å². The lowest BCUT2D eigenvalue weighted by molar-refractivity contribution is 0.741. The largest absolute Gasteiger partial charge is 0.0676 e. The topological polar surface area (TPSA) is 0 Å². The lowest BCUT2D eigenvalue weighted by atomic mass is 9.90. The minimum absolute atomic E-state index is 0.657. The molecule has 0 atom stereocenters. The molecular formula is C14H26. The average Bonchev–Trinajstić information content (AvgIpc) is 2.12. The Morgan fingerprint density at radius 3 is 0.929 bits per heavy atom. The van der Waals surface area contributed by atoms with Crippen LogP contribution < -0.4 is 0 Å². The molecule has 0 fully saturated rings. The second-order valence-electron chi connectivity index (χ2n) is 4.93. The van der Waals surface area contributed by atoms with E-state index in [9.17, 15) is 0 Å². The average molecular weight is 194 g/mol. The first-order valence-corrected chi connectivity index (χ1v) is 5.64. The number of rotatable bonds is 3. The standard InChI is InChI=1S/C14H26/c1-9(2)11(5)13(7)14(8)12(6)10(3)4/h9-10H,1-8H3/b13-11+,14-12+. The Morgan fingerprint density at radius 1 is 0.571 bits per heavy atom. The summed E-state index contributed by atoms with van der Waals surface area (Å²) in [5, 5.41) is 0. The van der Waals surface area contributed by atoms with Gasteiger partial charge in [-0.3, -0.25) is 0 Å². The zero-order valence-electron chi connectivity index (χ0n) is 11.2. The van der Waals surface area contributed by atoms with Crippen LogP contribution in [-0.2, 0) is 0 Å². The first-order valence-electron chi connectivity index (χ1n) is 5.64. The summed E-state index contributed by atoms with van der Waals surface area (Å²) < 4.78 is 0. The van der Waals surface area contributed by atoms with E-state index in [4.69, 9.17) is 0 Å². The van der Waals surface area contributed by atoms with E-state index in [1.54, 1.807) is 0 Å². The Kier molecular flexibility index (Phi) is 5.18. The van der Waals surface area contributed by atoms with E-state index in [0.717, 1.165) is 0 Å². The van der Waals surface area contributed by atoms with Crippen LogP contribution in [0.3, 0.4) is 0 Å². The van der Waals surface area contributed by atoms with Crippen molar-refractivity contribution in [2.45, 2.75) is 55.4 Å². The van der Waals surface area contributed by atoms with Crippen LogP contribution in [0, 0.1) is 11.8 Å². The zero-order valence-corrected chi connectivity index (χ0v) is 11.2. The summed E-state index contributed by atoms with van der Waals surface area (Å²) in [6, 6.07) is 0. The summed E-state index contributed by atoms with van der Waals surface area (Å²) in [4.78, 5) is 0. The molecule has 0 aromatic rings. The summed E-state index contributed by atoms with van der Waals surface area (Å²) in [6.07, 6.45) is 0. The lowest BCUT2D eigenvalue weighted by Crippen LogP contribution is -1.99. The molecular weight excluding hydrogens is 168 g/mol. The van der Waals surface area contributed by atoms with Gasteiger partial charge in [0.2, 0.25) is 0 Å². The first kappa shape index (κ1) is 13.5. The molecule has 0 aliphatic rings. The van der Waals surface area contributed by atoms with Crippen molar-refractivity contribution in [2.24, 2.45) is 11.8 Å². The van der Waals surface area contributed by atoms with Crippen molar-refractivity contribution < 1.29 is 0 Å². The van der Waals surface area contributed by atoms with Crippen LogP contribution in [0.4, 0.5) is 0 Å².